The lowest BCUT2D eigenvalue weighted by molar-refractivity contribution is 0.0936. The van der Waals surface area contributed by atoms with E-state index in [1.54, 1.807) is 0 Å². The van der Waals surface area contributed by atoms with Gasteiger partial charge in [-0.1, -0.05) is 31.9 Å². The summed E-state index contributed by atoms with van der Waals surface area (Å²) in [6, 6.07) is 5.71. The zero-order valence-electron chi connectivity index (χ0n) is 10.8. The van der Waals surface area contributed by atoms with Gasteiger partial charge in [0.25, 0.3) is 5.91 Å². The van der Waals surface area contributed by atoms with E-state index in [0.717, 1.165) is 21.9 Å². The van der Waals surface area contributed by atoms with Crippen molar-refractivity contribution >= 4 is 37.8 Å². The second-order valence-corrected chi connectivity index (χ2v) is 6.46. The first-order valence-corrected chi connectivity index (χ1v) is 7.39. The second kappa shape index (κ2) is 7.26. The van der Waals surface area contributed by atoms with Crippen LogP contribution in [0.5, 0.6) is 0 Å². The molecule has 0 aliphatic rings. The van der Waals surface area contributed by atoms with Gasteiger partial charge in [0.05, 0.1) is 0 Å². The van der Waals surface area contributed by atoms with E-state index in [4.69, 9.17) is 0 Å². The molecule has 1 unspecified atom stereocenters. The summed E-state index contributed by atoms with van der Waals surface area (Å²) in [4.78, 5) is 14.1. The van der Waals surface area contributed by atoms with Gasteiger partial charge in [-0.15, -0.1) is 0 Å². The molecular weight excluding hydrogens is 360 g/mol. The summed E-state index contributed by atoms with van der Waals surface area (Å²) in [7, 11) is 4.06. The van der Waals surface area contributed by atoms with Crippen molar-refractivity contribution in [1.82, 2.24) is 10.2 Å². The van der Waals surface area contributed by atoms with Crippen LogP contribution in [-0.2, 0) is 0 Å². The molecule has 1 atom stereocenters. The number of benzene rings is 1. The molecule has 0 bridgehead atoms. The summed E-state index contributed by atoms with van der Waals surface area (Å²) >= 11 is 6.76. The fraction of sp³-hybridized carbons (Fsp3) is 0.462. The highest BCUT2D eigenvalue weighted by molar-refractivity contribution is 9.11. The first kappa shape index (κ1) is 15.7. The number of carbonyl (C=O) groups is 1. The van der Waals surface area contributed by atoms with Crippen molar-refractivity contribution in [1.29, 1.82) is 0 Å². The Bertz CT molecular complexity index is 401. The van der Waals surface area contributed by atoms with Crippen LogP contribution in [0, 0.1) is 0 Å². The largest absolute Gasteiger partial charge is 0.350 e. The average Bonchev–Trinajstić information content (AvgIpc) is 2.25. The molecule has 18 heavy (non-hydrogen) atoms. The van der Waals surface area contributed by atoms with Gasteiger partial charge in [0.15, 0.2) is 0 Å². The van der Waals surface area contributed by atoms with Gasteiger partial charge in [0.1, 0.15) is 0 Å². The van der Waals surface area contributed by atoms with Crippen molar-refractivity contribution in [3.05, 3.63) is 32.7 Å². The maximum Gasteiger partial charge on any atom is 0.251 e. The van der Waals surface area contributed by atoms with E-state index in [9.17, 15) is 4.79 Å². The van der Waals surface area contributed by atoms with E-state index in [0.29, 0.717) is 5.56 Å². The summed E-state index contributed by atoms with van der Waals surface area (Å²) in [5.41, 5.74) is 0.660. The smallest absolute Gasteiger partial charge is 0.251 e. The molecule has 1 N–H and O–H groups in total. The summed E-state index contributed by atoms with van der Waals surface area (Å²) in [5, 5.41) is 3.00. The molecule has 0 aromatic heterocycles. The van der Waals surface area contributed by atoms with Gasteiger partial charge < -0.3 is 10.2 Å². The van der Waals surface area contributed by atoms with Gasteiger partial charge in [0, 0.05) is 20.6 Å². The minimum Gasteiger partial charge on any atom is -0.350 e. The first-order valence-electron chi connectivity index (χ1n) is 5.80. The summed E-state index contributed by atoms with van der Waals surface area (Å²) in [5.74, 6) is -0.0387. The third-order valence-corrected chi connectivity index (χ3v) is 3.43. The molecule has 5 heteroatoms. The van der Waals surface area contributed by atoms with Crippen LogP contribution in [-0.4, -0.2) is 37.5 Å². The number of hydrogen-bond acceptors (Lipinski definition) is 2. The maximum atomic E-state index is 12.0. The Morgan fingerprint density at radius 2 is 1.83 bits per heavy atom. The Labute approximate surface area is 125 Å². The zero-order chi connectivity index (χ0) is 13.7. The molecule has 0 saturated carbocycles. The molecule has 0 aliphatic heterocycles. The number of nitrogens with zero attached hydrogens (tertiary/aromatic N) is 1. The highest BCUT2D eigenvalue weighted by Crippen LogP contribution is 2.20. The minimum atomic E-state index is -0.0387. The molecule has 0 aliphatic carbocycles. The highest BCUT2D eigenvalue weighted by Gasteiger charge is 2.11. The Morgan fingerprint density at radius 1 is 1.28 bits per heavy atom. The molecular formula is C13H18Br2N2O. The van der Waals surface area contributed by atoms with Crippen LogP contribution in [0.1, 0.15) is 23.7 Å². The van der Waals surface area contributed by atoms with Crippen LogP contribution in [0.15, 0.2) is 27.1 Å². The third-order valence-electron chi connectivity index (χ3n) is 2.51. The monoisotopic (exact) mass is 376 g/mol. The lowest BCUT2D eigenvalue weighted by Crippen LogP contribution is -2.34. The summed E-state index contributed by atoms with van der Waals surface area (Å²) in [6.45, 7) is 2.98. The first-order chi connectivity index (χ1) is 8.38. The molecule has 100 valence electrons. The molecule has 3 nitrogen and oxygen atoms in total. The zero-order valence-corrected chi connectivity index (χ0v) is 14.0. The molecule has 0 saturated heterocycles. The van der Waals surface area contributed by atoms with Crippen molar-refractivity contribution in [2.45, 2.75) is 19.4 Å². The van der Waals surface area contributed by atoms with Gasteiger partial charge in [-0.05, 0) is 52.2 Å². The topological polar surface area (TPSA) is 32.3 Å². The van der Waals surface area contributed by atoms with Crippen LogP contribution < -0.4 is 5.32 Å². The third kappa shape index (κ3) is 5.50. The predicted molar refractivity (Wildman–Crippen MR) is 81.9 cm³/mol. The van der Waals surface area contributed by atoms with E-state index in [1.807, 2.05) is 39.2 Å². The molecule has 1 aromatic rings. The Hall–Kier alpha value is -0.390. The van der Waals surface area contributed by atoms with Crippen LogP contribution in [0.2, 0.25) is 0 Å². The van der Waals surface area contributed by atoms with Gasteiger partial charge in [0.2, 0.25) is 0 Å². The van der Waals surface area contributed by atoms with Crippen LogP contribution in [0.25, 0.3) is 0 Å². The lowest BCUT2D eigenvalue weighted by Gasteiger charge is -2.16. The van der Waals surface area contributed by atoms with E-state index >= 15 is 0 Å². The van der Waals surface area contributed by atoms with Gasteiger partial charge in [-0.25, -0.2) is 0 Å². The standard InChI is InChI=1S/C13H18Br2N2O/c1-9(4-5-17(2)3)16-13(18)10-6-11(14)8-12(15)7-10/h6-9H,4-5H2,1-3H3,(H,16,18). The Kier molecular flexibility index (Phi) is 6.32. The molecule has 0 fully saturated rings. The SMILES string of the molecule is CC(CCN(C)C)NC(=O)c1cc(Br)cc(Br)c1. The Balaban J connectivity index is 2.59. The van der Waals surface area contributed by atoms with Gasteiger partial charge in [-0.3, -0.25) is 4.79 Å². The maximum absolute atomic E-state index is 12.0. The normalized spacial score (nSPS) is 12.6. The van der Waals surface area contributed by atoms with E-state index in [1.165, 1.54) is 0 Å². The number of amides is 1. The van der Waals surface area contributed by atoms with E-state index in [2.05, 4.69) is 42.1 Å². The fourth-order valence-corrected chi connectivity index (χ4v) is 2.81. The van der Waals surface area contributed by atoms with Gasteiger partial charge >= 0.3 is 0 Å². The molecule has 1 aromatic carbocycles. The highest BCUT2D eigenvalue weighted by atomic mass is 79.9. The number of nitrogens with one attached hydrogen (secondary N) is 1. The fourth-order valence-electron chi connectivity index (χ4n) is 1.52. The number of rotatable bonds is 5. The Morgan fingerprint density at radius 3 is 2.33 bits per heavy atom. The minimum absolute atomic E-state index is 0.0387. The number of carbonyl (C=O) groups excluding carboxylic acids is 1. The molecule has 0 heterocycles. The summed E-state index contributed by atoms with van der Waals surface area (Å²) < 4.78 is 1.78. The van der Waals surface area contributed by atoms with Crippen LogP contribution in [0.4, 0.5) is 0 Å². The van der Waals surface area contributed by atoms with Crippen LogP contribution >= 0.6 is 31.9 Å². The second-order valence-electron chi connectivity index (χ2n) is 4.62. The van der Waals surface area contributed by atoms with Crippen molar-refractivity contribution in [2.24, 2.45) is 0 Å². The molecule has 0 radical (unpaired) electrons. The molecule has 1 amide bonds. The average molecular weight is 378 g/mol. The van der Waals surface area contributed by atoms with Crippen molar-refractivity contribution < 1.29 is 4.79 Å². The van der Waals surface area contributed by atoms with Gasteiger partial charge in [-0.2, -0.15) is 0 Å². The van der Waals surface area contributed by atoms with Crippen molar-refractivity contribution in [3.63, 3.8) is 0 Å². The van der Waals surface area contributed by atoms with Crippen molar-refractivity contribution in [2.75, 3.05) is 20.6 Å². The van der Waals surface area contributed by atoms with E-state index < -0.39 is 0 Å². The molecule has 1 rings (SSSR count). The summed E-state index contributed by atoms with van der Waals surface area (Å²) in [6.07, 6.45) is 0.938. The quantitative estimate of drug-likeness (QED) is 0.853. The lowest BCUT2D eigenvalue weighted by atomic mass is 10.1. The van der Waals surface area contributed by atoms with Crippen molar-refractivity contribution in [3.8, 4) is 0 Å². The molecule has 0 spiro atoms. The van der Waals surface area contributed by atoms with Crippen LogP contribution in [0.3, 0.4) is 0 Å². The number of hydrogen-bond donors (Lipinski definition) is 1. The van der Waals surface area contributed by atoms with E-state index in [-0.39, 0.29) is 11.9 Å². The number of halogens is 2. The predicted octanol–water partition coefficient (Wildman–Crippen LogP) is 3.28.